The Morgan fingerprint density at radius 1 is 1.32 bits per heavy atom. The maximum Gasteiger partial charge on any atom is 0.137 e. The number of aromatic nitrogens is 2. The van der Waals surface area contributed by atoms with Crippen molar-refractivity contribution in [1.82, 2.24) is 9.97 Å². The number of hydrogen-bond acceptors (Lipinski definition) is 4. The van der Waals surface area contributed by atoms with Crippen LogP contribution in [-0.4, -0.2) is 36.3 Å². The lowest BCUT2D eigenvalue weighted by Crippen LogP contribution is -2.35. The molecule has 19 heavy (non-hydrogen) atoms. The lowest BCUT2D eigenvalue weighted by atomic mass is 10.2. The number of nitrogens with zero attached hydrogens (tertiary/aromatic N) is 3. The summed E-state index contributed by atoms with van der Waals surface area (Å²) < 4.78 is 5.17. The Hall–Kier alpha value is -0.870. The van der Waals surface area contributed by atoms with E-state index in [1.165, 1.54) is 0 Å². The van der Waals surface area contributed by atoms with Gasteiger partial charge in [-0.05, 0) is 27.2 Å². The van der Waals surface area contributed by atoms with Crippen LogP contribution in [0.2, 0.25) is 5.15 Å². The van der Waals surface area contributed by atoms with Gasteiger partial charge in [0.15, 0.2) is 0 Å². The van der Waals surface area contributed by atoms with Crippen molar-refractivity contribution in [3.8, 4) is 0 Å². The van der Waals surface area contributed by atoms with Gasteiger partial charge in [-0.1, -0.05) is 18.5 Å². The first-order chi connectivity index (χ1) is 9.01. The van der Waals surface area contributed by atoms with Crippen LogP contribution in [0.5, 0.6) is 0 Å². The average molecular weight is 286 g/mol. The van der Waals surface area contributed by atoms with Crippen LogP contribution in [0, 0.1) is 6.92 Å². The Morgan fingerprint density at radius 3 is 2.53 bits per heavy atom. The summed E-state index contributed by atoms with van der Waals surface area (Å²) in [6.45, 7) is 9.84. The second-order valence-electron chi connectivity index (χ2n) is 4.91. The fraction of sp³-hybridized carbons (Fsp3) is 0.714. The summed E-state index contributed by atoms with van der Waals surface area (Å²) in [5, 5.41) is 0.552. The molecule has 0 spiro atoms. The highest BCUT2D eigenvalue weighted by molar-refractivity contribution is 6.30. The molecule has 0 bridgehead atoms. The van der Waals surface area contributed by atoms with Crippen LogP contribution in [0.3, 0.4) is 0 Å². The Kier molecular flexibility index (Phi) is 6.52. The minimum Gasteiger partial charge on any atom is -0.383 e. The molecule has 1 heterocycles. The second-order valence-corrected chi connectivity index (χ2v) is 5.27. The molecule has 0 saturated heterocycles. The molecule has 1 aromatic rings. The third-order valence-corrected chi connectivity index (χ3v) is 3.38. The highest BCUT2D eigenvalue weighted by Crippen LogP contribution is 2.25. The van der Waals surface area contributed by atoms with Crippen LogP contribution in [0.25, 0.3) is 0 Å². The number of hydrogen-bond donors (Lipinski definition) is 0. The first kappa shape index (κ1) is 16.2. The van der Waals surface area contributed by atoms with E-state index in [0.29, 0.717) is 17.8 Å². The quantitative estimate of drug-likeness (QED) is 0.721. The van der Waals surface area contributed by atoms with Crippen LogP contribution in [0.4, 0.5) is 5.82 Å². The second kappa shape index (κ2) is 7.65. The molecule has 0 N–H and O–H groups in total. The van der Waals surface area contributed by atoms with Gasteiger partial charge in [-0.3, -0.25) is 0 Å². The van der Waals surface area contributed by atoms with Gasteiger partial charge in [-0.25, -0.2) is 9.97 Å². The minimum absolute atomic E-state index is 0.342. The first-order valence-electron chi connectivity index (χ1n) is 6.79. The zero-order valence-corrected chi connectivity index (χ0v) is 13.3. The summed E-state index contributed by atoms with van der Waals surface area (Å²) in [6, 6.07) is 0.342. The van der Waals surface area contributed by atoms with Crippen LogP contribution >= 0.6 is 11.6 Å². The van der Waals surface area contributed by atoms with Gasteiger partial charge in [-0.2, -0.15) is 0 Å². The van der Waals surface area contributed by atoms with E-state index in [0.717, 1.165) is 36.6 Å². The monoisotopic (exact) mass is 285 g/mol. The van der Waals surface area contributed by atoms with Gasteiger partial charge in [0.2, 0.25) is 0 Å². The fourth-order valence-electron chi connectivity index (χ4n) is 1.93. The molecule has 1 rings (SSSR count). The first-order valence-corrected chi connectivity index (χ1v) is 7.17. The van der Waals surface area contributed by atoms with E-state index in [-0.39, 0.29) is 0 Å². The smallest absolute Gasteiger partial charge is 0.137 e. The topological polar surface area (TPSA) is 38.2 Å². The maximum absolute atomic E-state index is 6.23. The number of rotatable bonds is 7. The third kappa shape index (κ3) is 4.32. The highest BCUT2D eigenvalue weighted by atomic mass is 35.5. The number of aryl methyl sites for hydroxylation is 1. The molecule has 0 saturated carbocycles. The van der Waals surface area contributed by atoms with Crippen molar-refractivity contribution in [1.29, 1.82) is 0 Å². The summed E-state index contributed by atoms with van der Waals surface area (Å²) in [5.74, 6) is 1.74. The van der Waals surface area contributed by atoms with Gasteiger partial charge in [0, 0.05) is 31.7 Å². The predicted molar refractivity (Wildman–Crippen MR) is 80.1 cm³/mol. The van der Waals surface area contributed by atoms with Crippen molar-refractivity contribution >= 4 is 17.4 Å². The Balaban J connectivity index is 3.12. The largest absolute Gasteiger partial charge is 0.383 e. The van der Waals surface area contributed by atoms with E-state index < -0.39 is 0 Å². The number of anilines is 1. The molecule has 0 aliphatic carbocycles. The van der Waals surface area contributed by atoms with E-state index in [4.69, 9.17) is 16.3 Å². The van der Waals surface area contributed by atoms with E-state index in [1.54, 1.807) is 7.11 Å². The van der Waals surface area contributed by atoms with Crippen molar-refractivity contribution < 1.29 is 4.74 Å². The summed E-state index contributed by atoms with van der Waals surface area (Å²) in [4.78, 5) is 11.2. The lowest BCUT2D eigenvalue weighted by molar-refractivity contribution is 0.203. The van der Waals surface area contributed by atoms with Crippen LogP contribution in [-0.2, 0) is 11.2 Å². The minimum atomic E-state index is 0.342. The van der Waals surface area contributed by atoms with Crippen molar-refractivity contribution in [2.24, 2.45) is 0 Å². The van der Waals surface area contributed by atoms with Gasteiger partial charge in [-0.15, -0.1) is 0 Å². The maximum atomic E-state index is 6.23. The molecule has 4 nitrogen and oxygen atoms in total. The summed E-state index contributed by atoms with van der Waals surface area (Å²) in [6.07, 6.45) is 1.86. The average Bonchev–Trinajstić information content (AvgIpc) is 2.35. The summed E-state index contributed by atoms with van der Waals surface area (Å²) in [5.41, 5.74) is 0.936. The lowest BCUT2D eigenvalue weighted by Gasteiger charge is -2.29. The number of methoxy groups -OCH3 is 1. The molecule has 0 unspecified atom stereocenters. The molecule has 0 aliphatic heterocycles. The molecule has 0 amide bonds. The Morgan fingerprint density at radius 2 is 2.00 bits per heavy atom. The van der Waals surface area contributed by atoms with E-state index in [2.05, 4.69) is 35.6 Å². The van der Waals surface area contributed by atoms with Crippen molar-refractivity contribution in [3.63, 3.8) is 0 Å². The van der Waals surface area contributed by atoms with E-state index in [9.17, 15) is 0 Å². The zero-order valence-electron chi connectivity index (χ0n) is 12.5. The molecule has 1 aromatic heterocycles. The van der Waals surface area contributed by atoms with Gasteiger partial charge >= 0.3 is 0 Å². The van der Waals surface area contributed by atoms with E-state index >= 15 is 0 Å². The molecular formula is C14H24ClN3O. The highest BCUT2D eigenvalue weighted by Gasteiger charge is 2.18. The Labute approximate surface area is 121 Å². The van der Waals surface area contributed by atoms with Crippen LogP contribution in [0.15, 0.2) is 0 Å². The molecule has 0 aliphatic rings. The fourth-order valence-corrected chi connectivity index (χ4v) is 2.12. The standard InChI is InChI=1S/C14H24ClN3O/c1-6-7-12-16-13(15)11(4)14(17-12)18(10(2)3)8-9-19-5/h10H,6-9H2,1-5H3. The molecular weight excluding hydrogens is 262 g/mol. The van der Waals surface area contributed by atoms with E-state index in [1.807, 2.05) is 6.92 Å². The van der Waals surface area contributed by atoms with Crippen molar-refractivity contribution in [2.45, 2.75) is 46.6 Å². The molecule has 0 fully saturated rings. The van der Waals surface area contributed by atoms with Gasteiger partial charge in [0.1, 0.15) is 16.8 Å². The van der Waals surface area contributed by atoms with Crippen molar-refractivity contribution in [3.05, 3.63) is 16.5 Å². The normalized spacial score (nSPS) is 11.1. The zero-order chi connectivity index (χ0) is 14.4. The number of halogens is 1. The molecule has 0 atom stereocenters. The predicted octanol–water partition coefficient (Wildman–Crippen LogP) is 3.25. The molecule has 0 aromatic carbocycles. The third-order valence-electron chi connectivity index (χ3n) is 3.01. The Bertz CT molecular complexity index is 410. The van der Waals surface area contributed by atoms with Gasteiger partial charge in [0.05, 0.1) is 6.61 Å². The van der Waals surface area contributed by atoms with Gasteiger partial charge in [0.25, 0.3) is 0 Å². The van der Waals surface area contributed by atoms with Crippen LogP contribution in [0.1, 0.15) is 38.6 Å². The molecule has 0 radical (unpaired) electrons. The molecule has 5 heteroatoms. The SMILES string of the molecule is CCCc1nc(Cl)c(C)c(N(CCOC)C(C)C)n1. The molecule has 108 valence electrons. The van der Waals surface area contributed by atoms with Crippen LogP contribution < -0.4 is 4.90 Å². The van der Waals surface area contributed by atoms with Gasteiger partial charge < -0.3 is 9.64 Å². The number of ether oxygens (including phenoxy) is 1. The summed E-state index contributed by atoms with van der Waals surface area (Å²) >= 11 is 6.23. The summed E-state index contributed by atoms with van der Waals surface area (Å²) in [7, 11) is 1.71. The van der Waals surface area contributed by atoms with Crippen molar-refractivity contribution in [2.75, 3.05) is 25.2 Å².